The Labute approximate surface area is 134 Å². The van der Waals surface area contributed by atoms with Crippen molar-refractivity contribution in [3.8, 4) is 0 Å². The van der Waals surface area contributed by atoms with Gasteiger partial charge in [-0.25, -0.2) is 4.39 Å². The van der Waals surface area contributed by atoms with Crippen molar-refractivity contribution in [2.45, 2.75) is 48.9 Å². The molecule has 0 aromatic heterocycles. The van der Waals surface area contributed by atoms with Gasteiger partial charge in [0, 0.05) is 0 Å². The van der Waals surface area contributed by atoms with Crippen molar-refractivity contribution in [1.82, 2.24) is 0 Å². The number of ether oxygens (including phenoxy) is 2. The van der Waals surface area contributed by atoms with Gasteiger partial charge in [-0.3, -0.25) is 9.47 Å². The minimum absolute atomic E-state index is 1.26. The zero-order valence-corrected chi connectivity index (χ0v) is 11.3. The zero-order chi connectivity index (χ0) is 22.5. The third-order valence-corrected chi connectivity index (χ3v) is 2.24. The Balaban J connectivity index is 6.21. The van der Waals surface area contributed by atoms with Crippen LogP contribution >= 0.6 is 0 Å². The number of rotatable bonds is 6. The highest BCUT2D eigenvalue weighted by Crippen LogP contribution is 2.55. The van der Waals surface area contributed by atoms with Gasteiger partial charge in [-0.2, -0.15) is 70.2 Å². The normalized spacial score (nSPS) is 19.0. The summed E-state index contributed by atoms with van der Waals surface area (Å²) in [6.07, 6.45) is -42.7. The van der Waals surface area contributed by atoms with Crippen LogP contribution in [0.2, 0.25) is 0 Å². The average molecular weight is 452 g/mol. The molecule has 0 aromatic rings. The quantitative estimate of drug-likeness (QED) is 0.497. The molecule has 0 saturated carbocycles. The van der Waals surface area contributed by atoms with Gasteiger partial charge in [0.05, 0.1) is 0 Å². The SMILES string of the molecule is F[C@H](OC(F)(F)[C@](F)(OC(F)(F)C(F)(F)C(F)(F)F)C(F)(F)F)C(F)(F)F. The van der Waals surface area contributed by atoms with E-state index in [4.69, 9.17) is 0 Å². The Hall–Kier alpha value is -1.27. The van der Waals surface area contributed by atoms with E-state index in [-0.39, 0.29) is 0 Å². The molecule has 0 aromatic carbocycles. The molecule has 0 rings (SSSR count). The minimum Gasteiger partial charge on any atom is -0.272 e. The van der Waals surface area contributed by atoms with Crippen LogP contribution < -0.4 is 0 Å². The summed E-state index contributed by atoms with van der Waals surface area (Å²) in [5.74, 6) is -15.5. The second-order valence-corrected chi connectivity index (χ2v) is 4.28. The highest BCUT2D eigenvalue weighted by atomic mass is 19.4. The zero-order valence-electron chi connectivity index (χ0n) is 11.3. The first-order valence-electron chi connectivity index (χ1n) is 5.38. The summed E-state index contributed by atoms with van der Waals surface area (Å²) < 4.78 is 211. The van der Waals surface area contributed by atoms with Crippen molar-refractivity contribution < 1.29 is 84.1 Å². The summed E-state index contributed by atoms with van der Waals surface area (Å²) in [6.45, 7) is 0. The second-order valence-electron chi connectivity index (χ2n) is 4.28. The van der Waals surface area contributed by atoms with Crippen LogP contribution in [0.15, 0.2) is 0 Å². The molecule has 19 heteroatoms. The first kappa shape index (κ1) is 25.7. The third kappa shape index (κ3) is 4.77. The van der Waals surface area contributed by atoms with Crippen molar-refractivity contribution >= 4 is 0 Å². The van der Waals surface area contributed by atoms with E-state index < -0.39 is 48.9 Å². The monoisotopic (exact) mass is 452 g/mol. The summed E-state index contributed by atoms with van der Waals surface area (Å²) in [5, 5.41) is 0. The summed E-state index contributed by atoms with van der Waals surface area (Å²) in [4.78, 5) is 0. The third-order valence-electron chi connectivity index (χ3n) is 2.24. The fraction of sp³-hybridized carbons (Fsp3) is 1.00. The minimum atomic E-state index is -7.78. The van der Waals surface area contributed by atoms with Crippen molar-refractivity contribution in [1.29, 1.82) is 0 Å². The van der Waals surface area contributed by atoms with E-state index >= 15 is 0 Å². The van der Waals surface area contributed by atoms with Crippen LogP contribution in [-0.4, -0.2) is 48.9 Å². The maximum atomic E-state index is 13.3. The maximum absolute atomic E-state index is 13.3. The predicted molar refractivity (Wildman–Crippen MR) is 43.9 cm³/mol. The van der Waals surface area contributed by atoms with Gasteiger partial charge in [-0.15, -0.1) is 0 Å². The molecule has 0 aliphatic heterocycles. The van der Waals surface area contributed by atoms with Gasteiger partial charge >= 0.3 is 42.5 Å². The van der Waals surface area contributed by atoms with Crippen LogP contribution in [0.3, 0.4) is 0 Å². The lowest BCUT2D eigenvalue weighted by atomic mass is 10.2. The molecule has 0 unspecified atom stereocenters. The molecule has 0 fully saturated rings. The lowest BCUT2D eigenvalue weighted by Gasteiger charge is -2.38. The van der Waals surface area contributed by atoms with Gasteiger partial charge in [0.15, 0.2) is 0 Å². The largest absolute Gasteiger partial charge is 0.462 e. The van der Waals surface area contributed by atoms with Crippen molar-refractivity contribution in [2.24, 2.45) is 0 Å². The van der Waals surface area contributed by atoms with Gasteiger partial charge in [-0.1, -0.05) is 0 Å². The molecule has 0 radical (unpaired) electrons. The van der Waals surface area contributed by atoms with Crippen LogP contribution in [0.1, 0.15) is 0 Å². The number of halogens is 17. The fourth-order valence-electron chi connectivity index (χ4n) is 0.961. The smallest absolute Gasteiger partial charge is 0.272 e. The summed E-state index contributed by atoms with van der Waals surface area (Å²) in [5.41, 5.74) is 0. The van der Waals surface area contributed by atoms with Gasteiger partial charge in [0.25, 0.3) is 6.36 Å². The van der Waals surface area contributed by atoms with E-state index in [0.29, 0.717) is 0 Å². The molecule has 0 saturated heterocycles. The first-order chi connectivity index (χ1) is 11.3. The van der Waals surface area contributed by atoms with E-state index in [1.165, 1.54) is 4.74 Å². The topological polar surface area (TPSA) is 18.5 Å². The van der Waals surface area contributed by atoms with E-state index in [0.717, 1.165) is 0 Å². The molecule has 0 bridgehead atoms. The average Bonchev–Trinajstić information content (AvgIpc) is 2.33. The predicted octanol–water partition coefficient (Wildman–Crippen LogP) is 5.49. The highest BCUT2D eigenvalue weighted by Gasteiger charge is 2.84. The van der Waals surface area contributed by atoms with E-state index in [9.17, 15) is 74.6 Å². The molecule has 0 heterocycles. The molecule has 0 aliphatic carbocycles. The van der Waals surface area contributed by atoms with Gasteiger partial charge < -0.3 is 0 Å². The first-order valence-corrected chi connectivity index (χ1v) is 5.38. The molecular weight excluding hydrogens is 451 g/mol. The molecule has 164 valence electrons. The summed E-state index contributed by atoms with van der Waals surface area (Å²) in [7, 11) is 0. The van der Waals surface area contributed by atoms with Crippen molar-refractivity contribution in [3.05, 3.63) is 0 Å². The van der Waals surface area contributed by atoms with Crippen LogP contribution in [0, 0.1) is 0 Å². The number of hydrogen-bond acceptors (Lipinski definition) is 2. The van der Waals surface area contributed by atoms with Crippen molar-refractivity contribution in [3.63, 3.8) is 0 Å². The van der Waals surface area contributed by atoms with Crippen LogP contribution in [0.25, 0.3) is 0 Å². The standard InChI is InChI=1S/C8HF17O2/c9-1(2(10,11)12)26-8(24,25)4(15,6(19,20)21)27-7(22,23)3(13,14)5(16,17)18/h1H/t1-,4-/m1/s1. The lowest BCUT2D eigenvalue weighted by Crippen LogP contribution is -2.66. The van der Waals surface area contributed by atoms with E-state index in [1.807, 2.05) is 0 Å². The van der Waals surface area contributed by atoms with E-state index in [2.05, 4.69) is 0 Å². The molecule has 2 nitrogen and oxygen atoms in total. The Kier molecular flexibility index (Phi) is 6.35. The van der Waals surface area contributed by atoms with Crippen molar-refractivity contribution in [2.75, 3.05) is 0 Å². The van der Waals surface area contributed by atoms with Crippen LogP contribution in [-0.2, 0) is 9.47 Å². The molecule has 0 amide bonds. The molecule has 0 spiro atoms. The second kappa shape index (κ2) is 6.66. The fourth-order valence-corrected chi connectivity index (χ4v) is 0.961. The highest BCUT2D eigenvalue weighted by molar-refractivity contribution is 4.93. The van der Waals surface area contributed by atoms with Crippen LogP contribution in [0.4, 0.5) is 74.6 Å². The Morgan fingerprint density at radius 3 is 1.15 bits per heavy atom. The van der Waals surface area contributed by atoms with Crippen LogP contribution in [0.5, 0.6) is 0 Å². The number of hydrogen-bond donors (Lipinski definition) is 0. The number of alkyl halides is 17. The molecule has 27 heavy (non-hydrogen) atoms. The summed E-state index contributed by atoms with van der Waals surface area (Å²) >= 11 is 0. The Bertz CT molecular complexity index is 514. The Morgan fingerprint density at radius 1 is 0.519 bits per heavy atom. The van der Waals surface area contributed by atoms with Gasteiger partial charge in [-0.05, 0) is 0 Å². The summed E-state index contributed by atoms with van der Waals surface area (Å²) in [6, 6.07) is 0. The lowest BCUT2D eigenvalue weighted by molar-refractivity contribution is -0.543. The maximum Gasteiger partial charge on any atom is 0.462 e. The molecule has 2 atom stereocenters. The van der Waals surface area contributed by atoms with E-state index in [1.54, 1.807) is 4.74 Å². The van der Waals surface area contributed by atoms with Gasteiger partial charge in [0.2, 0.25) is 0 Å². The molecule has 0 aliphatic rings. The van der Waals surface area contributed by atoms with Gasteiger partial charge in [0.1, 0.15) is 0 Å². The Morgan fingerprint density at radius 2 is 0.889 bits per heavy atom. The molecular formula is C8HF17O2. The molecule has 0 N–H and O–H groups in total.